The van der Waals surface area contributed by atoms with Gasteiger partial charge in [-0.15, -0.1) is 0 Å². The number of nitrogens with zero attached hydrogens (tertiary/aromatic N) is 1. The lowest BCUT2D eigenvalue weighted by Crippen LogP contribution is -2.07. The Hall–Kier alpha value is -3.73. The van der Waals surface area contributed by atoms with E-state index in [4.69, 9.17) is 9.72 Å². The molecule has 0 saturated heterocycles. The van der Waals surface area contributed by atoms with Crippen LogP contribution in [0.25, 0.3) is 33.3 Å². The molecule has 4 aromatic rings. The fourth-order valence-corrected chi connectivity index (χ4v) is 4.52. The van der Waals surface area contributed by atoms with Crippen LogP contribution in [0.3, 0.4) is 0 Å². The third kappa shape index (κ3) is 3.22. The van der Waals surface area contributed by atoms with Gasteiger partial charge in [0.25, 0.3) is 0 Å². The number of rotatable bonds is 3. The second-order valence-electron chi connectivity index (χ2n) is 7.71. The number of aromatic carboxylic acids is 1. The second-order valence-corrected chi connectivity index (χ2v) is 7.71. The zero-order valence-electron chi connectivity index (χ0n) is 17.0. The van der Waals surface area contributed by atoms with Crippen molar-refractivity contribution in [3.05, 3.63) is 83.2 Å². The van der Waals surface area contributed by atoms with E-state index in [1.807, 2.05) is 36.4 Å². The van der Waals surface area contributed by atoms with E-state index < -0.39 is 11.8 Å². The van der Waals surface area contributed by atoms with Gasteiger partial charge in [0, 0.05) is 16.5 Å². The number of aromatic nitrogens is 1. The zero-order valence-corrected chi connectivity index (χ0v) is 17.0. The largest absolute Gasteiger partial charge is 0.496 e. The van der Waals surface area contributed by atoms with Crippen molar-refractivity contribution < 1.29 is 19.0 Å². The maximum atomic E-state index is 13.9. The van der Waals surface area contributed by atoms with Crippen LogP contribution in [-0.4, -0.2) is 23.2 Å². The van der Waals surface area contributed by atoms with Gasteiger partial charge in [0.2, 0.25) is 0 Å². The van der Waals surface area contributed by atoms with Gasteiger partial charge in [-0.2, -0.15) is 0 Å². The molecule has 0 saturated carbocycles. The molecular weight excluding hydrogens is 393 g/mol. The van der Waals surface area contributed by atoms with Crippen molar-refractivity contribution in [3.8, 4) is 28.1 Å². The third-order valence-electron chi connectivity index (χ3n) is 5.91. The van der Waals surface area contributed by atoms with Gasteiger partial charge in [-0.3, -0.25) is 0 Å². The third-order valence-corrected chi connectivity index (χ3v) is 5.91. The molecule has 1 heterocycles. The first-order valence-corrected chi connectivity index (χ1v) is 10.2. The minimum atomic E-state index is -1.05. The molecule has 1 aliphatic carbocycles. The van der Waals surface area contributed by atoms with Crippen LogP contribution in [0.4, 0.5) is 4.39 Å². The molecule has 3 aromatic carbocycles. The van der Waals surface area contributed by atoms with Crippen LogP contribution in [0, 0.1) is 5.82 Å². The normalized spacial score (nSPS) is 12.7. The van der Waals surface area contributed by atoms with Gasteiger partial charge in [0.1, 0.15) is 11.6 Å². The first-order chi connectivity index (χ1) is 15.1. The number of ether oxygens (including phenoxy) is 1. The molecule has 5 heteroatoms. The molecule has 0 atom stereocenters. The molecule has 0 unspecified atom stereocenters. The predicted molar refractivity (Wildman–Crippen MR) is 118 cm³/mol. The van der Waals surface area contributed by atoms with Crippen molar-refractivity contribution in [2.24, 2.45) is 0 Å². The summed E-state index contributed by atoms with van der Waals surface area (Å²) in [6, 6.07) is 18.2. The van der Waals surface area contributed by atoms with Crippen molar-refractivity contribution in [2.75, 3.05) is 7.11 Å². The molecule has 1 aromatic heterocycles. The Bertz CT molecular complexity index is 1350. The van der Waals surface area contributed by atoms with E-state index in [2.05, 4.69) is 6.07 Å². The lowest BCUT2D eigenvalue weighted by Gasteiger charge is -2.15. The van der Waals surface area contributed by atoms with E-state index in [0.717, 1.165) is 40.8 Å². The maximum absolute atomic E-state index is 13.9. The number of carbonyl (C=O) groups is 1. The van der Waals surface area contributed by atoms with E-state index in [1.54, 1.807) is 13.2 Å². The number of para-hydroxylation sites is 1. The molecule has 0 radical (unpaired) electrons. The number of hydrogen-bond acceptors (Lipinski definition) is 3. The molecule has 1 aliphatic rings. The first-order valence-electron chi connectivity index (χ1n) is 10.2. The summed E-state index contributed by atoms with van der Waals surface area (Å²) in [5.74, 6) is -0.716. The Morgan fingerprint density at radius 3 is 2.68 bits per heavy atom. The monoisotopic (exact) mass is 413 g/mol. The molecule has 0 amide bonds. The highest BCUT2D eigenvalue weighted by atomic mass is 19.1. The lowest BCUT2D eigenvalue weighted by molar-refractivity contribution is 0.0698. The standard InChI is InChI=1S/C26H20FNO3/c1-31-23-8-3-2-6-18(23)16-9-11-19-15(13-16)5-4-7-20-24(26(29)30)21-14-17(27)10-12-22(21)28-25(19)20/h2-3,6,8-14H,4-5,7H2,1H3,(H,29,30). The maximum Gasteiger partial charge on any atom is 0.336 e. The van der Waals surface area contributed by atoms with Crippen molar-refractivity contribution in [1.82, 2.24) is 4.98 Å². The Morgan fingerprint density at radius 2 is 1.87 bits per heavy atom. The van der Waals surface area contributed by atoms with Gasteiger partial charge >= 0.3 is 5.97 Å². The predicted octanol–water partition coefficient (Wildman–Crippen LogP) is 5.90. The first kappa shape index (κ1) is 19.2. The van der Waals surface area contributed by atoms with Gasteiger partial charge in [0.15, 0.2) is 0 Å². The molecule has 0 aliphatic heterocycles. The van der Waals surface area contributed by atoms with Gasteiger partial charge in [0.05, 0.1) is 23.9 Å². The summed E-state index contributed by atoms with van der Waals surface area (Å²) in [6.45, 7) is 0. The molecule has 4 nitrogen and oxygen atoms in total. The number of aryl methyl sites for hydroxylation is 1. The minimum Gasteiger partial charge on any atom is -0.496 e. The topological polar surface area (TPSA) is 59.4 Å². The number of pyridine rings is 1. The van der Waals surface area contributed by atoms with E-state index in [-0.39, 0.29) is 5.56 Å². The van der Waals surface area contributed by atoms with Gasteiger partial charge < -0.3 is 9.84 Å². The van der Waals surface area contributed by atoms with Crippen LogP contribution in [0.1, 0.15) is 27.9 Å². The number of carboxylic acids is 1. The number of hydrogen-bond donors (Lipinski definition) is 1. The van der Waals surface area contributed by atoms with Crippen LogP contribution >= 0.6 is 0 Å². The van der Waals surface area contributed by atoms with E-state index >= 15 is 0 Å². The number of halogens is 1. The van der Waals surface area contributed by atoms with Crippen LogP contribution in [-0.2, 0) is 12.8 Å². The number of methoxy groups -OCH3 is 1. The smallest absolute Gasteiger partial charge is 0.336 e. The summed E-state index contributed by atoms with van der Waals surface area (Å²) in [4.78, 5) is 17.0. The molecule has 0 bridgehead atoms. The van der Waals surface area contributed by atoms with E-state index in [1.165, 1.54) is 12.1 Å². The summed E-state index contributed by atoms with van der Waals surface area (Å²) in [6.07, 6.45) is 2.17. The van der Waals surface area contributed by atoms with Crippen molar-refractivity contribution in [2.45, 2.75) is 19.3 Å². The average molecular weight is 413 g/mol. The van der Waals surface area contributed by atoms with Gasteiger partial charge in [-0.05, 0) is 60.2 Å². The second kappa shape index (κ2) is 7.51. The van der Waals surface area contributed by atoms with Crippen molar-refractivity contribution in [1.29, 1.82) is 0 Å². The van der Waals surface area contributed by atoms with Gasteiger partial charge in [-0.25, -0.2) is 14.2 Å². The van der Waals surface area contributed by atoms with Gasteiger partial charge in [-0.1, -0.05) is 36.4 Å². The van der Waals surface area contributed by atoms with E-state index in [0.29, 0.717) is 28.6 Å². The highest BCUT2D eigenvalue weighted by Crippen LogP contribution is 2.39. The summed E-state index contributed by atoms with van der Waals surface area (Å²) < 4.78 is 19.4. The molecular formula is C26H20FNO3. The van der Waals surface area contributed by atoms with Crippen LogP contribution in [0.2, 0.25) is 0 Å². The van der Waals surface area contributed by atoms with Crippen molar-refractivity contribution in [3.63, 3.8) is 0 Å². The Kier molecular flexibility index (Phi) is 4.66. The molecule has 31 heavy (non-hydrogen) atoms. The molecule has 154 valence electrons. The Morgan fingerprint density at radius 1 is 1.03 bits per heavy atom. The molecule has 0 fully saturated rings. The molecule has 0 spiro atoms. The highest BCUT2D eigenvalue weighted by molar-refractivity contribution is 6.06. The quantitative estimate of drug-likeness (QED) is 0.454. The lowest BCUT2D eigenvalue weighted by atomic mass is 9.93. The van der Waals surface area contributed by atoms with Crippen LogP contribution < -0.4 is 4.74 Å². The summed E-state index contributed by atoms with van der Waals surface area (Å²) in [5, 5.41) is 10.3. The fourth-order valence-electron chi connectivity index (χ4n) is 4.52. The van der Waals surface area contributed by atoms with Crippen LogP contribution in [0.5, 0.6) is 5.75 Å². The average Bonchev–Trinajstić information content (AvgIpc) is 2.95. The van der Waals surface area contributed by atoms with E-state index in [9.17, 15) is 14.3 Å². The highest BCUT2D eigenvalue weighted by Gasteiger charge is 2.25. The molecule has 1 N–H and O–H groups in total. The number of fused-ring (bicyclic) bond motifs is 4. The Balaban J connectivity index is 1.75. The summed E-state index contributed by atoms with van der Waals surface area (Å²) >= 11 is 0. The van der Waals surface area contributed by atoms with Crippen molar-refractivity contribution >= 4 is 16.9 Å². The number of benzene rings is 3. The Labute approximate surface area is 179 Å². The summed E-state index contributed by atoms with van der Waals surface area (Å²) in [5.41, 5.74) is 6.09. The molecule has 5 rings (SSSR count). The SMILES string of the molecule is COc1ccccc1-c1ccc2c(c1)CCCc1c-2nc2ccc(F)cc2c1C(=O)O. The summed E-state index contributed by atoms with van der Waals surface area (Å²) in [7, 11) is 1.66. The fraction of sp³-hybridized carbons (Fsp3) is 0.154. The number of carboxylic acid groups (broad SMARTS) is 1. The minimum absolute atomic E-state index is 0.154. The zero-order chi connectivity index (χ0) is 21.5. The van der Waals surface area contributed by atoms with Crippen LogP contribution in [0.15, 0.2) is 60.7 Å².